The normalized spacial score (nSPS) is 12.7. The fraction of sp³-hybridized carbons (Fsp3) is 0.308. The van der Waals surface area contributed by atoms with Crippen molar-refractivity contribution in [3.63, 3.8) is 0 Å². The molecular weight excluding hydrogens is 376 g/mol. The molecule has 0 bridgehead atoms. The molecule has 2 nitrogen and oxygen atoms in total. The van der Waals surface area contributed by atoms with Crippen LogP contribution in [0.4, 0.5) is 0 Å². The van der Waals surface area contributed by atoms with Gasteiger partial charge in [0.25, 0.3) is 0 Å². The van der Waals surface area contributed by atoms with Crippen molar-refractivity contribution >= 4 is 43.2 Å². The second-order valence-electron chi connectivity index (χ2n) is 4.12. The van der Waals surface area contributed by atoms with Gasteiger partial charge >= 0.3 is 0 Å². The quantitative estimate of drug-likeness (QED) is 0.833. The number of hydrogen-bond donors (Lipinski definition) is 1. The summed E-state index contributed by atoms with van der Waals surface area (Å²) in [7, 11) is 1.99. The lowest BCUT2D eigenvalue weighted by atomic mass is 10.1. The van der Waals surface area contributed by atoms with Gasteiger partial charge in [0.1, 0.15) is 0 Å². The zero-order chi connectivity index (χ0) is 13.1. The number of rotatable bonds is 4. The van der Waals surface area contributed by atoms with E-state index in [-0.39, 0.29) is 0 Å². The van der Waals surface area contributed by atoms with Gasteiger partial charge in [0.15, 0.2) is 0 Å². The number of aromatic nitrogens is 1. The highest BCUT2D eigenvalue weighted by Crippen LogP contribution is 2.32. The van der Waals surface area contributed by atoms with Crippen molar-refractivity contribution in [1.82, 2.24) is 10.3 Å². The van der Waals surface area contributed by atoms with Gasteiger partial charge in [0, 0.05) is 33.7 Å². The molecule has 0 fully saturated rings. The fourth-order valence-electron chi connectivity index (χ4n) is 1.74. The zero-order valence-corrected chi connectivity index (χ0v) is 14.2. The smallest absolute Gasteiger partial charge is 0.0731 e. The number of pyridine rings is 1. The standard InChI is InChI=1S/C13H14Br2N2S/c1-8-5-12(18-13(8)15)11(16-2)6-10-4-3-9(14)7-17-10/h3-5,7,11,16H,6H2,1-2H3. The molecule has 96 valence electrons. The number of hydrogen-bond acceptors (Lipinski definition) is 3. The maximum absolute atomic E-state index is 4.43. The van der Waals surface area contributed by atoms with Gasteiger partial charge in [0.2, 0.25) is 0 Å². The SMILES string of the molecule is CNC(Cc1ccc(Br)cn1)c1cc(C)c(Br)s1. The van der Waals surface area contributed by atoms with Crippen LogP contribution in [0.5, 0.6) is 0 Å². The van der Waals surface area contributed by atoms with Gasteiger partial charge in [0.05, 0.1) is 3.79 Å². The van der Waals surface area contributed by atoms with Crippen LogP contribution in [-0.2, 0) is 6.42 Å². The van der Waals surface area contributed by atoms with E-state index in [9.17, 15) is 0 Å². The maximum Gasteiger partial charge on any atom is 0.0731 e. The molecule has 2 heterocycles. The number of nitrogens with one attached hydrogen (secondary N) is 1. The molecule has 0 amide bonds. The monoisotopic (exact) mass is 388 g/mol. The molecule has 0 saturated carbocycles. The number of likely N-dealkylation sites (N-methyl/N-ethyl adjacent to an activating group) is 1. The van der Waals surface area contributed by atoms with Gasteiger partial charge in [-0.05, 0) is 69.6 Å². The lowest BCUT2D eigenvalue weighted by Crippen LogP contribution is -2.18. The van der Waals surface area contributed by atoms with Crippen molar-refractivity contribution in [2.75, 3.05) is 7.05 Å². The van der Waals surface area contributed by atoms with Crippen LogP contribution in [0.2, 0.25) is 0 Å². The van der Waals surface area contributed by atoms with E-state index in [0.717, 1.165) is 16.6 Å². The maximum atomic E-state index is 4.43. The van der Waals surface area contributed by atoms with Crippen molar-refractivity contribution in [3.05, 3.63) is 48.8 Å². The van der Waals surface area contributed by atoms with Crippen LogP contribution < -0.4 is 5.32 Å². The third kappa shape index (κ3) is 3.41. The van der Waals surface area contributed by atoms with Gasteiger partial charge in [-0.2, -0.15) is 0 Å². The summed E-state index contributed by atoms with van der Waals surface area (Å²) < 4.78 is 2.23. The molecule has 2 aromatic rings. The summed E-state index contributed by atoms with van der Waals surface area (Å²) in [5, 5.41) is 3.36. The lowest BCUT2D eigenvalue weighted by molar-refractivity contribution is 0.594. The second kappa shape index (κ2) is 6.28. The Morgan fingerprint density at radius 2 is 2.17 bits per heavy atom. The first-order valence-corrected chi connectivity index (χ1v) is 8.04. The second-order valence-corrected chi connectivity index (χ2v) is 7.44. The van der Waals surface area contributed by atoms with Crippen LogP contribution in [-0.4, -0.2) is 12.0 Å². The average Bonchev–Trinajstić information content (AvgIpc) is 2.69. The van der Waals surface area contributed by atoms with Gasteiger partial charge in [-0.1, -0.05) is 0 Å². The minimum Gasteiger partial charge on any atom is -0.312 e. The van der Waals surface area contributed by atoms with Crippen LogP contribution in [0, 0.1) is 6.92 Å². The summed E-state index contributed by atoms with van der Waals surface area (Å²) in [4.78, 5) is 5.77. The molecule has 5 heteroatoms. The van der Waals surface area contributed by atoms with Gasteiger partial charge < -0.3 is 5.32 Å². The molecule has 0 aliphatic heterocycles. The summed E-state index contributed by atoms with van der Waals surface area (Å²) in [5.41, 5.74) is 2.39. The Balaban J connectivity index is 2.16. The molecule has 0 radical (unpaired) electrons. The van der Waals surface area contributed by atoms with E-state index in [1.54, 1.807) is 11.3 Å². The Bertz CT molecular complexity index is 503. The number of aryl methyl sites for hydroxylation is 1. The Hall–Kier alpha value is -0.230. The molecule has 0 aromatic carbocycles. The zero-order valence-electron chi connectivity index (χ0n) is 10.2. The van der Waals surface area contributed by atoms with E-state index >= 15 is 0 Å². The molecule has 1 unspecified atom stereocenters. The number of halogens is 2. The molecule has 18 heavy (non-hydrogen) atoms. The molecular formula is C13H14Br2N2S. The Kier molecular flexibility index (Phi) is 4.95. The highest BCUT2D eigenvalue weighted by Gasteiger charge is 2.14. The number of thiophene rings is 1. The Morgan fingerprint density at radius 1 is 1.39 bits per heavy atom. The summed E-state index contributed by atoms with van der Waals surface area (Å²) in [5.74, 6) is 0. The Morgan fingerprint density at radius 3 is 2.67 bits per heavy atom. The van der Waals surface area contributed by atoms with E-state index in [2.05, 4.69) is 61.2 Å². The van der Waals surface area contributed by atoms with Crippen molar-refractivity contribution in [2.45, 2.75) is 19.4 Å². The molecule has 1 N–H and O–H groups in total. The summed E-state index contributed by atoms with van der Waals surface area (Å²) in [6.07, 6.45) is 2.74. The van der Waals surface area contributed by atoms with Crippen LogP contribution >= 0.6 is 43.2 Å². The Labute approximate surface area is 128 Å². The first kappa shape index (κ1) is 14.2. The minimum absolute atomic E-state index is 0.314. The molecule has 0 aliphatic rings. The topological polar surface area (TPSA) is 24.9 Å². The van der Waals surface area contributed by atoms with Crippen molar-refractivity contribution in [2.24, 2.45) is 0 Å². The van der Waals surface area contributed by atoms with Crippen LogP contribution in [0.15, 0.2) is 32.7 Å². The molecule has 0 aliphatic carbocycles. The minimum atomic E-state index is 0.314. The van der Waals surface area contributed by atoms with Crippen LogP contribution in [0.25, 0.3) is 0 Å². The lowest BCUT2D eigenvalue weighted by Gasteiger charge is -2.13. The number of nitrogens with zero attached hydrogens (tertiary/aromatic N) is 1. The van der Waals surface area contributed by atoms with Gasteiger partial charge in [-0.3, -0.25) is 4.98 Å². The largest absolute Gasteiger partial charge is 0.312 e. The third-order valence-corrected chi connectivity index (χ3v) is 5.49. The van der Waals surface area contributed by atoms with Crippen molar-refractivity contribution < 1.29 is 0 Å². The third-order valence-electron chi connectivity index (χ3n) is 2.77. The van der Waals surface area contributed by atoms with E-state index in [1.165, 1.54) is 14.2 Å². The molecule has 0 saturated heterocycles. The van der Waals surface area contributed by atoms with E-state index in [1.807, 2.05) is 19.3 Å². The fourth-order valence-corrected chi connectivity index (χ4v) is 3.65. The van der Waals surface area contributed by atoms with Gasteiger partial charge in [-0.25, -0.2) is 0 Å². The predicted molar refractivity (Wildman–Crippen MR) is 84.2 cm³/mol. The first-order chi connectivity index (χ1) is 8.60. The van der Waals surface area contributed by atoms with Crippen LogP contribution in [0.1, 0.15) is 22.2 Å². The van der Waals surface area contributed by atoms with Crippen molar-refractivity contribution in [3.8, 4) is 0 Å². The molecule has 0 spiro atoms. The molecule has 2 aromatic heterocycles. The van der Waals surface area contributed by atoms with Gasteiger partial charge in [-0.15, -0.1) is 11.3 Å². The molecule has 1 atom stereocenters. The van der Waals surface area contributed by atoms with Crippen LogP contribution in [0.3, 0.4) is 0 Å². The first-order valence-electron chi connectivity index (χ1n) is 5.63. The van der Waals surface area contributed by atoms with E-state index in [0.29, 0.717) is 6.04 Å². The average molecular weight is 390 g/mol. The summed E-state index contributed by atoms with van der Waals surface area (Å²) in [6, 6.07) is 6.64. The highest BCUT2D eigenvalue weighted by molar-refractivity contribution is 9.11. The summed E-state index contributed by atoms with van der Waals surface area (Å²) in [6.45, 7) is 2.12. The molecule has 2 rings (SSSR count). The summed E-state index contributed by atoms with van der Waals surface area (Å²) >= 11 is 8.77. The van der Waals surface area contributed by atoms with E-state index in [4.69, 9.17) is 0 Å². The predicted octanol–water partition coefficient (Wildman–Crippen LogP) is 4.48. The highest BCUT2D eigenvalue weighted by atomic mass is 79.9. The van der Waals surface area contributed by atoms with E-state index < -0.39 is 0 Å². The van der Waals surface area contributed by atoms with Crippen molar-refractivity contribution in [1.29, 1.82) is 0 Å².